The number of ether oxygens (including phenoxy) is 2. The third-order valence-corrected chi connectivity index (χ3v) is 3.81. The van der Waals surface area contributed by atoms with Crippen LogP contribution in [0.3, 0.4) is 0 Å². The summed E-state index contributed by atoms with van der Waals surface area (Å²) < 4.78 is 10.6. The van der Waals surface area contributed by atoms with E-state index >= 15 is 0 Å². The second kappa shape index (κ2) is 5.31. The van der Waals surface area contributed by atoms with E-state index < -0.39 is 0 Å². The van der Waals surface area contributed by atoms with Crippen LogP contribution in [0.25, 0.3) is 0 Å². The van der Waals surface area contributed by atoms with Crippen LogP contribution in [0.15, 0.2) is 0 Å². The van der Waals surface area contributed by atoms with Crippen molar-refractivity contribution in [3.8, 4) is 0 Å². The Hall–Kier alpha value is -0.0800. The molecule has 0 saturated carbocycles. The molecule has 2 aliphatic rings. The standard InChI is InChI=1S/C13H24O2/c1-10(12-8-14-12)6-4-3-5-7-11(2)13-9-15-13/h10-13H,3-9H2,1-2H3. The van der Waals surface area contributed by atoms with Gasteiger partial charge in [-0.1, -0.05) is 33.1 Å². The summed E-state index contributed by atoms with van der Waals surface area (Å²) in [4.78, 5) is 0. The number of epoxide rings is 2. The summed E-state index contributed by atoms with van der Waals surface area (Å²) in [5.41, 5.74) is 0. The lowest BCUT2D eigenvalue weighted by atomic mass is 9.96. The molecular weight excluding hydrogens is 188 g/mol. The number of hydrogen-bond acceptors (Lipinski definition) is 2. The molecule has 0 aromatic heterocycles. The maximum absolute atomic E-state index is 5.29. The zero-order valence-corrected chi connectivity index (χ0v) is 10.1. The van der Waals surface area contributed by atoms with Crippen molar-refractivity contribution in [2.24, 2.45) is 11.8 Å². The minimum absolute atomic E-state index is 0.601. The van der Waals surface area contributed by atoms with Gasteiger partial charge in [-0.2, -0.15) is 0 Å². The quantitative estimate of drug-likeness (QED) is 0.456. The molecule has 88 valence electrons. The molecule has 0 bridgehead atoms. The van der Waals surface area contributed by atoms with Crippen molar-refractivity contribution in [1.29, 1.82) is 0 Å². The molecule has 0 aliphatic carbocycles. The highest BCUT2D eigenvalue weighted by Crippen LogP contribution is 2.27. The maximum Gasteiger partial charge on any atom is 0.0835 e. The topological polar surface area (TPSA) is 25.1 Å². The third kappa shape index (κ3) is 4.12. The molecule has 2 aliphatic heterocycles. The molecule has 15 heavy (non-hydrogen) atoms. The first-order valence-electron chi connectivity index (χ1n) is 6.50. The van der Waals surface area contributed by atoms with Gasteiger partial charge in [-0.3, -0.25) is 0 Å². The molecule has 0 aromatic carbocycles. The molecular formula is C13H24O2. The molecule has 2 rings (SSSR count). The summed E-state index contributed by atoms with van der Waals surface area (Å²) in [6.07, 6.45) is 8.03. The molecule has 0 amide bonds. The molecule has 0 radical (unpaired) electrons. The van der Waals surface area contributed by atoms with Gasteiger partial charge < -0.3 is 9.47 Å². The maximum atomic E-state index is 5.29. The Morgan fingerprint density at radius 1 is 0.867 bits per heavy atom. The van der Waals surface area contributed by atoms with Gasteiger partial charge in [0.25, 0.3) is 0 Å². The second-order valence-electron chi connectivity index (χ2n) is 5.34. The first kappa shape index (κ1) is 11.4. The molecule has 2 heteroatoms. The van der Waals surface area contributed by atoms with E-state index in [9.17, 15) is 0 Å². The van der Waals surface area contributed by atoms with Gasteiger partial charge in [0.1, 0.15) is 0 Å². The predicted octanol–water partition coefficient (Wildman–Crippen LogP) is 3.01. The van der Waals surface area contributed by atoms with Crippen LogP contribution in [0.2, 0.25) is 0 Å². The fraction of sp³-hybridized carbons (Fsp3) is 1.00. The Morgan fingerprint density at radius 3 is 1.60 bits per heavy atom. The van der Waals surface area contributed by atoms with E-state index in [1.807, 2.05) is 0 Å². The summed E-state index contributed by atoms with van der Waals surface area (Å²) in [5.74, 6) is 1.57. The highest BCUT2D eigenvalue weighted by Gasteiger charge is 2.29. The molecule has 0 N–H and O–H groups in total. The van der Waals surface area contributed by atoms with Crippen molar-refractivity contribution < 1.29 is 9.47 Å². The van der Waals surface area contributed by atoms with Crippen LogP contribution in [-0.4, -0.2) is 25.4 Å². The van der Waals surface area contributed by atoms with Gasteiger partial charge in [0.05, 0.1) is 25.4 Å². The molecule has 2 heterocycles. The van der Waals surface area contributed by atoms with Gasteiger partial charge in [0.2, 0.25) is 0 Å². The van der Waals surface area contributed by atoms with Crippen molar-refractivity contribution in [2.75, 3.05) is 13.2 Å². The van der Waals surface area contributed by atoms with E-state index in [-0.39, 0.29) is 0 Å². The Morgan fingerprint density at radius 2 is 1.27 bits per heavy atom. The Bertz CT molecular complexity index is 165. The third-order valence-electron chi connectivity index (χ3n) is 3.81. The van der Waals surface area contributed by atoms with Crippen molar-refractivity contribution >= 4 is 0 Å². The molecule has 0 spiro atoms. The average Bonchev–Trinajstić information content (AvgIpc) is 3.06. The van der Waals surface area contributed by atoms with Crippen LogP contribution >= 0.6 is 0 Å². The highest BCUT2D eigenvalue weighted by atomic mass is 16.6. The molecule has 2 fully saturated rings. The van der Waals surface area contributed by atoms with Crippen LogP contribution in [0, 0.1) is 11.8 Å². The summed E-state index contributed by atoms with van der Waals surface area (Å²) in [7, 11) is 0. The summed E-state index contributed by atoms with van der Waals surface area (Å²) in [5, 5.41) is 0. The van der Waals surface area contributed by atoms with Crippen molar-refractivity contribution in [2.45, 2.75) is 58.2 Å². The van der Waals surface area contributed by atoms with Crippen molar-refractivity contribution in [3.05, 3.63) is 0 Å². The Kier molecular flexibility index (Phi) is 4.04. The fourth-order valence-electron chi connectivity index (χ4n) is 2.25. The smallest absolute Gasteiger partial charge is 0.0835 e. The molecule has 4 unspecified atom stereocenters. The van der Waals surface area contributed by atoms with Crippen LogP contribution in [0.1, 0.15) is 46.0 Å². The van der Waals surface area contributed by atoms with Crippen LogP contribution in [0.4, 0.5) is 0 Å². The van der Waals surface area contributed by atoms with E-state index in [1.165, 1.54) is 32.1 Å². The van der Waals surface area contributed by atoms with Crippen LogP contribution in [0.5, 0.6) is 0 Å². The lowest BCUT2D eigenvalue weighted by Crippen LogP contribution is -2.04. The van der Waals surface area contributed by atoms with E-state index in [0.29, 0.717) is 12.2 Å². The van der Waals surface area contributed by atoms with Gasteiger partial charge in [-0.05, 0) is 24.7 Å². The monoisotopic (exact) mass is 212 g/mol. The fourth-order valence-corrected chi connectivity index (χ4v) is 2.25. The summed E-state index contributed by atoms with van der Waals surface area (Å²) >= 11 is 0. The summed E-state index contributed by atoms with van der Waals surface area (Å²) in [6, 6.07) is 0. The van der Waals surface area contributed by atoms with Crippen LogP contribution < -0.4 is 0 Å². The molecule has 2 nitrogen and oxygen atoms in total. The van der Waals surface area contributed by atoms with Gasteiger partial charge in [0.15, 0.2) is 0 Å². The zero-order valence-electron chi connectivity index (χ0n) is 10.1. The van der Waals surface area contributed by atoms with E-state index in [0.717, 1.165) is 25.0 Å². The number of unbranched alkanes of at least 4 members (excludes halogenated alkanes) is 2. The average molecular weight is 212 g/mol. The Labute approximate surface area is 93.3 Å². The largest absolute Gasteiger partial charge is 0.373 e. The Balaban J connectivity index is 1.40. The second-order valence-corrected chi connectivity index (χ2v) is 5.34. The lowest BCUT2D eigenvalue weighted by molar-refractivity contribution is 0.313. The molecule has 2 saturated heterocycles. The van der Waals surface area contributed by atoms with Gasteiger partial charge in [-0.25, -0.2) is 0 Å². The molecule has 0 aromatic rings. The van der Waals surface area contributed by atoms with Crippen molar-refractivity contribution in [1.82, 2.24) is 0 Å². The van der Waals surface area contributed by atoms with E-state index in [1.54, 1.807) is 0 Å². The highest BCUT2D eigenvalue weighted by molar-refractivity contribution is 4.77. The van der Waals surface area contributed by atoms with Crippen molar-refractivity contribution in [3.63, 3.8) is 0 Å². The van der Waals surface area contributed by atoms with Crippen LogP contribution in [-0.2, 0) is 9.47 Å². The van der Waals surface area contributed by atoms with E-state index in [4.69, 9.17) is 9.47 Å². The number of rotatable bonds is 8. The van der Waals surface area contributed by atoms with Gasteiger partial charge in [-0.15, -0.1) is 0 Å². The zero-order chi connectivity index (χ0) is 10.7. The number of hydrogen-bond donors (Lipinski definition) is 0. The first-order valence-corrected chi connectivity index (χ1v) is 6.50. The summed E-state index contributed by atoms with van der Waals surface area (Å²) in [6.45, 7) is 6.66. The van der Waals surface area contributed by atoms with Gasteiger partial charge in [0, 0.05) is 0 Å². The van der Waals surface area contributed by atoms with E-state index in [2.05, 4.69) is 13.8 Å². The first-order chi connectivity index (χ1) is 7.27. The molecule has 4 atom stereocenters. The SMILES string of the molecule is CC(CCCCCC(C)C1CO1)C1CO1. The lowest BCUT2D eigenvalue weighted by Gasteiger charge is -2.09. The van der Waals surface area contributed by atoms with Gasteiger partial charge >= 0.3 is 0 Å². The minimum Gasteiger partial charge on any atom is -0.373 e. The predicted molar refractivity (Wildman–Crippen MR) is 60.9 cm³/mol. The normalized spacial score (nSPS) is 32.4. The minimum atomic E-state index is 0.601.